The van der Waals surface area contributed by atoms with Crippen LogP contribution in [-0.4, -0.2) is 22.4 Å². The summed E-state index contributed by atoms with van der Waals surface area (Å²) in [6.07, 6.45) is 3.26. The normalized spacial score (nSPS) is 11.4. The largest absolute Gasteiger partial charge is 0.494 e. The Labute approximate surface area is 222 Å². The molecule has 0 saturated carbocycles. The summed E-state index contributed by atoms with van der Waals surface area (Å²) in [7, 11) is 0. The van der Waals surface area contributed by atoms with Gasteiger partial charge in [-0.25, -0.2) is 4.98 Å². The highest BCUT2D eigenvalue weighted by Crippen LogP contribution is 2.35. The third kappa shape index (κ3) is 4.77. The van der Waals surface area contributed by atoms with E-state index in [0.29, 0.717) is 28.6 Å². The number of pyridine rings is 2. The number of allylic oxidation sites excluding steroid dienone is 1. The second kappa shape index (κ2) is 10.2. The number of hydrogen-bond acceptors (Lipinski definition) is 4. The first-order valence-electron chi connectivity index (χ1n) is 11.6. The second-order valence-electron chi connectivity index (χ2n) is 8.33. The Kier molecular flexibility index (Phi) is 6.86. The molecule has 2 aromatic heterocycles. The summed E-state index contributed by atoms with van der Waals surface area (Å²) in [6, 6.07) is 23.5. The zero-order valence-electron chi connectivity index (χ0n) is 19.8. The van der Waals surface area contributed by atoms with Gasteiger partial charge < -0.3 is 4.74 Å². The molecule has 0 unspecified atom stereocenters. The van der Waals surface area contributed by atoms with Crippen LogP contribution in [0.5, 0.6) is 5.75 Å². The zero-order valence-corrected chi connectivity index (χ0v) is 22.1. The number of halogens is 2. The first-order chi connectivity index (χ1) is 17.4. The van der Waals surface area contributed by atoms with Gasteiger partial charge in [-0.3, -0.25) is 9.78 Å². The number of ether oxygens (including phenoxy) is 1. The van der Waals surface area contributed by atoms with Gasteiger partial charge in [0.1, 0.15) is 10.9 Å². The molecule has 0 saturated heterocycles. The lowest BCUT2D eigenvalue weighted by Crippen LogP contribution is -2.05. The third-order valence-electron chi connectivity index (χ3n) is 5.93. The first kappa shape index (κ1) is 24.2. The van der Waals surface area contributed by atoms with Crippen LogP contribution in [0.1, 0.15) is 28.5 Å². The lowest BCUT2D eigenvalue weighted by molar-refractivity contribution is 0.104. The van der Waals surface area contributed by atoms with Crippen molar-refractivity contribution in [2.45, 2.75) is 13.8 Å². The summed E-state index contributed by atoms with van der Waals surface area (Å²) in [5.74, 6) is 0.593. The van der Waals surface area contributed by atoms with E-state index in [4.69, 9.17) is 21.3 Å². The Hall–Kier alpha value is -3.54. The molecule has 0 N–H and O–H groups in total. The molecule has 0 aliphatic rings. The molecular weight excluding hydrogens is 536 g/mol. The van der Waals surface area contributed by atoms with Crippen molar-refractivity contribution >= 4 is 61.2 Å². The molecule has 0 aliphatic carbocycles. The molecule has 5 rings (SSSR count). The standard InChI is InChI=1S/C30H22BrClN2O2/c1-3-36-23-12-9-20-15-21(30(32)34-26(20)17-23)10-14-27(35)28-18(2)33-25-13-11-22(31)16-24(25)29(28)19-7-5-4-6-8-19/h4-17H,3H2,1-2H3. The van der Waals surface area contributed by atoms with Gasteiger partial charge in [0.2, 0.25) is 0 Å². The first-order valence-corrected chi connectivity index (χ1v) is 12.7. The molecule has 4 nitrogen and oxygen atoms in total. The van der Waals surface area contributed by atoms with E-state index >= 15 is 0 Å². The van der Waals surface area contributed by atoms with Crippen LogP contribution in [0.25, 0.3) is 39.0 Å². The number of ketones is 1. The molecule has 0 amide bonds. The predicted octanol–water partition coefficient (Wildman–Crippen LogP) is 8.47. The van der Waals surface area contributed by atoms with Crippen molar-refractivity contribution in [3.05, 3.63) is 105 Å². The molecular formula is C30H22BrClN2O2. The molecule has 0 atom stereocenters. The summed E-state index contributed by atoms with van der Waals surface area (Å²) < 4.78 is 6.48. The minimum Gasteiger partial charge on any atom is -0.494 e. The molecule has 3 aromatic carbocycles. The number of rotatable bonds is 6. The van der Waals surface area contributed by atoms with Crippen LogP contribution in [0.2, 0.25) is 5.15 Å². The number of fused-ring (bicyclic) bond motifs is 2. The predicted molar refractivity (Wildman–Crippen MR) is 151 cm³/mol. The molecule has 178 valence electrons. The maximum atomic E-state index is 13.6. The van der Waals surface area contributed by atoms with Gasteiger partial charge in [0.05, 0.1) is 23.2 Å². The smallest absolute Gasteiger partial charge is 0.188 e. The number of aryl methyl sites for hydroxylation is 1. The lowest BCUT2D eigenvalue weighted by Gasteiger charge is -2.14. The average Bonchev–Trinajstić information content (AvgIpc) is 2.87. The molecule has 2 heterocycles. The number of aromatic nitrogens is 2. The number of benzene rings is 3. The Balaban J connectivity index is 1.60. The monoisotopic (exact) mass is 556 g/mol. The fourth-order valence-corrected chi connectivity index (χ4v) is 4.90. The van der Waals surface area contributed by atoms with Crippen molar-refractivity contribution in [1.82, 2.24) is 9.97 Å². The van der Waals surface area contributed by atoms with E-state index < -0.39 is 0 Å². The Morgan fingerprint density at radius 2 is 1.81 bits per heavy atom. The topological polar surface area (TPSA) is 52.1 Å². The SMILES string of the molecule is CCOc1ccc2cc(C=CC(=O)c3c(C)nc4ccc(Br)cc4c3-c3ccccc3)c(Cl)nc2c1. The van der Waals surface area contributed by atoms with Crippen LogP contribution >= 0.6 is 27.5 Å². The quantitative estimate of drug-likeness (QED) is 0.119. The highest BCUT2D eigenvalue weighted by atomic mass is 79.9. The minimum atomic E-state index is -0.149. The van der Waals surface area contributed by atoms with E-state index in [1.807, 2.05) is 86.6 Å². The van der Waals surface area contributed by atoms with Crippen LogP contribution in [0.3, 0.4) is 0 Å². The van der Waals surface area contributed by atoms with Gasteiger partial charge in [-0.1, -0.05) is 57.9 Å². The van der Waals surface area contributed by atoms with Crippen molar-refractivity contribution in [2.75, 3.05) is 6.61 Å². The number of carbonyl (C=O) groups is 1. The number of carbonyl (C=O) groups excluding carboxylic acids is 1. The van der Waals surface area contributed by atoms with Crippen molar-refractivity contribution in [3.8, 4) is 16.9 Å². The van der Waals surface area contributed by atoms with Crippen molar-refractivity contribution in [3.63, 3.8) is 0 Å². The molecule has 5 aromatic rings. The molecule has 0 fully saturated rings. The van der Waals surface area contributed by atoms with Gasteiger partial charge in [-0.15, -0.1) is 0 Å². The Bertz CT molecular complexity index is 1650. The van der Waals surface area contributed by atoms with Gasteiger partial charge in [-0.2, -0.15) is 0 Å². The third-order valence-corrected chi connectivity index (χ3v) is 6.73. The summed E-state index contributed by atoms with van der Waals surface area (Å²) in [5, 5.41) is 2.14. The van der Waals surface area contributed by atoms with E-state index in [1.165, 1.54) is 0 Å². The fourth-order valence-electron chi connectivity index (χ4n) is 4.33. The molecule has 36 heavy (non-hydrogen) atoms. The summed E-state index contributed by atoms with van der Waals surface area (Å²) in [4.78, 5) is 22.9. The summed E-state index contributed by atoms with van der Waals surface area (Å²) in [6.45, 7) is 4.38. The van der Waals surface area contributed by atoms with Gasteiger partial charge in [-0.05, 0) is 68.0 Å². The van der Waals surface area contributed by atoms with E-state index in [-0.39, 0.29) is 5.78 Å². The lowest BCUT2D eigenvalue weighted by atomic mass is 9.92. The van der Waals surface area contributed by atoms with Crippen molar-refractivity contribution < 1.29 is 9.53 Å². The van der Waals surface area contributed by atoms with E-state index in [2.05, 4.69) is 20.9 Å². The highest BCUT2D eigenvalue weighted by Gasteiger charge is 2.19. The number of hydrogen-bond donors (Lipinski definition) is 0. The van der Waals surface area contributed by atoms with Crippen molar-refractivity contribution in [1.29, 1.82) is 0 Å². The molecule has 0 radical (unpaired) electrons. The van der Waals surface area contributed by atoms with Crippen LogP contribution in [-0.2, 0) is 0 Å². The maximum absolute atomic E-state index is 13.6. The molecule has 0 aliphatic heterocycles. The van der Waals surface area contributed by atoms with Crippen LogP contribution in [0, 0.1) is 6.92 Å². The fraction of sp³-hybridized carbons (Fsp3) is 0.100. The summed E-state index contributed by atoms with van der Waals surface area (Å²) >= 11 is 10.0. The average molecular weight is 558 g/mol. The van der Waals surface area contributed by atoms with Crippen LogP contribution in [0.15, 0.2) is 83.3 Å². The maximum Gasteiger partial charge on any atom is 0.188 e. The second-order valence-corrected chi connectivity index (χ2v) is 9.60. The zero-order chi connectivity index (χ0) is 25.2. The Morgan fingerprint density at radius 3 is 2.58 bits per heavy atom. The van der Waals surface area contributed by atoms with E-state index in [1.54, 1.807) is 12.2 Å². The van der Waals surface area contributed by atoms with Gasteiger partial charge in [0.25, 0.3) is 0 Å². The van der Waals surface area contributed by atoms with E-state index in [0.717, 1.165) is 43.2 Å². The van der Waals surface area contributed by atoms with Crippen LogP contribution < -0.4 is 4.74 Å². The van der Waals surface area contributed by atoms with Crippen LogP contribution in [0.4, 0.5) is 0 Å². The molecule has 0 bridgehead atoms. The highest BCUT2D eigenvalue weighted by molar-refractivity contribution is 9.10. The van der Waals surface area contributed by atoms with Crippen molar-refractivity contribution in [2.24, 2.45) is 0 Å². The minimum absolute atomic E-state index is 0.149. The summed E-state index contributed by atoms with van der Waals surface area (Å²) in [5.41, 5.74) is 5.29. The number of nitrogens with zero attached hydrogens (tertiary/aromatic N) is 2. The molecule has 6 heteroatoms. The molecule has 0 spiro atoms. The van der Waals surface area contributed by atoms with Gasteiger partial charge >= 0.3 is 0 Å². The Morgan fingerprint density at radius 1 is 1.00 bits per heavy atom. The van der Waals surface area contributed by atoms with Gasteiger partial charge in [0.15, 0.2) is 5.78 Å². The van der Waals surface area contributed by atoms with E-state index in [9.17, 15) is 4.79 Å². The van der Waals surface area contributed by atoms with Gasteiger partial charge in [0, 0.05) is 38.1 Å².